The topological polar surface area (TPSA) is 140 Å². The van der Waals surface area contributed by atoms with Crippen molar-refractivity contribution in [2.45, 2.75) is 6.92 Å². The van der Waals surface area contributed by atoms with Crippen LogP contribution in [0.2, 0.25) is 0 Å². The fourth-order valence-electron chi connectivity index (χ4n) is 1.52. The van der Waals surface area contributed by atoms with Crippen LogP contribution in [0.3, 0.4) is 0 Å². The lowest BCUT2D eigenvalue weighted by Gasteiger charge is -2.09. The number of carbonyl (C=O) groups excluding carboxylic acids is 3. The normalized spacial score (nSPS) is 9.96. The van der Waals surface area contributed by atoms with E-state index >= 15 is 0 Å². The number of hydrogen-bond donors (Lipinski definition) is 3. The molecule has 0 aliphatic carbocycles. The zero-order valence-electron chi connectivity index (χ0n) is 13.0. The Morgan fingerprint density at radius 2 is 1.92 bits per heavy atom. The first kappa shape index (κ1) is 19.7. The van der Waals surface area contributed by atoms with E-state index in [4.69, 9.17) is 12.2 Å². The van der Waals surface area contributed by atoms with Gasteiger partial charge in [-0.3, -0.25) is 35.9 Å². The summed E-state index contributed by atoms with van der Waals surface area (Å²) in [7, 11) is 0. The fourth-order valence-corrected chi connectivity index (χ4v) is 1.68. The van der Waals surface area contributed by atoms with Gasteiger partial charge in [0.2, 0.25) is 5.91 Å². The van der Waals surface area contributed by atoms with E-state index in [1.807, 2.05) is 0 Å². The fraction of sp³-hybridized carbons (Fsp3) is 0.143. The number of nitro benzene ring substituents is 1. The molecule has 132 valence electrons. The molecule has 2 amide bonds. The summed E-state index contributed by atoms with van der Waals surface area (Å²) in [6.45, 7) is 1.78. The Labute approximate surface area is 147 Å². The molecule has 0 atom stereocenters. The number of esters is 1. The number of ether oxygens (including phenoxy) is 1. The SMILES string of the molecule is CCOC(=O)C=CC(=O)NC(=S)NNC(=O)c1ccccc1[N+](=O)[O-]. The first-order valence-electron chi connectivity index (χ1n) is 6.84. The molecule has 3 N–H and O–H groups in total. The van der Waals surface area contributed by atoms with E-state index in [1.54, 1.807) is 6.92 Å². The summed E-state index contributed by atoms with van der Waals surface area (Å²) in [6.07, 6.45) is 1.81. The third kappa shape index (κ3) is 6.74. The standard InChI is InChI=1S/C14H14N4O6S/c1-2-24-12(20)8-7-11(19)15-14(25)17-16-13(21)9-5-3-4-6-10(9)18(22)23/h3-8H,2H2,1H3,(H,16,21)(H2,15,17,19,25). The van der Waals surface area contributed by atoms with Crippen molar-refractivity contribution in [2.24, 2.45) is 0 Å². The van der Waals surface area contributed by atoms with Gasteiger partial charge in [-0.1, -0.05) is 12.1 Å². The third-order valence-corrected chi connectivity index (χ3v) is 2.73. The molecule has 11 heteroatoms. The second-order valence-electron chi connectivity index (χ2n) is 4.26. The molecular weight excluding hydrogens is 352 g/mol. The molecule has 1 aromatic rings. The number of nitro groups is 1. The van der Waals surface area contributed by atoms with Gasteiger partial charge in [0, 0.05) is 18.2 Å². The number of rotatable bonds is 5. The van der Waals surface area contributed by atoms with E-state index in [0.717, 1.165) is 12.2 Å². The van der Waals surface area contributed by atoms with Gasteiger partial charge in [0.25, 0.3) is 11.6 Å². The van der Waals surface area contributed by atoms with Crippen LogP contribution in [0.15, 0.2) is 36.4 Å². The predicted molar refractivity (Wildman–Crippen MR) is 90.2 cm³/mol. The molecule has 0 saturated carbocycles. The van der Waals surface area contributed by atoms with Crippen LogP contribution in [0.4, 0.5) is 5.69 Å². The number of benzene rings is 1. The number of hydrazine groups is 1. The summed E-state index contributed by atoms with van der Waals surface area (Å²) in [6, 6.07) is 5.32. The molecule has 1 aromatic carbocycles. The summed E-state index contributed by atoms with van der Waals surface area (Å²) in [4.78, 5) is 44.6. The largest absolute Gasteiger partial charge is 0.463 e. The van der Waals surface area contributed by atoms with E-state index in [9.17, 15) is 24.5 Å². The number of thiocarbonyl (C=S) groups is 1. The Kier molecular flexibility index (Phi) is 7.66. The number of nitrogens with zero attached hydrogens (tertiary/aromatic N) is 1. The maximum absolute atomic E-state index is 11.9. The minimum atomic E-state index is -0.814. The molecule has 0 aromatic heterocycles. The molecule has 0 saturated heterocycles. The van der Waals surface area contributed by atoms with Crippen LogP contribution >= 0.6 is 12.2 Å². The van der Waals surface area contributed by atoms with Gasteiger partial charge in [0.05, 0.1) is 11.5 Å². The predicted octanol–water partition coefficient (Wildman–Crippen LogP) is 0.350. The number of hydrogen-bond acceptors (Lipinski definition) is 7. The van der Waals surface area contributed by atoms with Crippen molar-refractivity contribution in [3.8, 4) is 0 Å². The minimum Gasteiger partial charge on any atom is -0.463 e. The van der Waals surface area contributed by atoms with Crippen molar-refractivity contribution < 1.29 is 24.0 Å². The van der Waals surface area contributed by atoms with E-state index in [1.165, 1.54) is 24.3 Å². The zero-order valence-corrected chi connectivity index (χ0v) is 13.8. The lowest BCUT2D eigenvalue weighted by atomic mass is 10.2. The number of para-hydroxylation sites is 1. The van der Waals surface area contributed by atoms with E-state index in [2.05, 4.69) is 20.9 Å². The Morgan fingerprint density at radius 3 is 2.56 bits per heavy atom. The van der Waals surface area contributed by atoms with Gasteiger partial charge in [0.1, 0.15) is 5.56 Å². The van der Waals surface area contributed by atoms with Crippen LogP contribution in [0.5, 0.6) is 0 Å². The zero-order chi connectivity index (χ0) is 18.8. The summed E-state index contributed by atoms with van der Waals surface area (Å²) in [5, 5.41) is 12.7. The molecule has 0 spiro atoms. The van der Waals surface area contributed by atoms with Crippen molar-refractivity contribution in [3.05, 3.63) is 52.1 Å². The van der Waals surface area contributed by atoms with Crippen molar-refractivity contribution in [1.29, 1.82) is 0 Å². The van der Waals surface area contributed by atoms with Crippen molar-refractivity contribution in [3.63, 3.8) is 0 Å². The summed E-state index contributed by atoms with van der Waals surface area (Å²) in [5.74, 6) is -2.24. The van der Waals surface area contributed by atoms with Gasteiger partial charge in [-0.2, -0.15) is 0 Å². The first-order valence-corrected chi connectivity index (χ1v) is 7.25. The minimum absolute atomic E-state index is 0.169. The molecule has 25 heavy (non-hydrogen) atoms. The molecule has 0 heterocycles. The molecule has 0 unspecified atom stereocenters. The van der Waals surface area contributed by atoms with Crippen molar-refractivity contribution in [2.75, 3.05) is 6.61 Å². The quantitative estimate of drug-likeness (QED) is 0.223. The van der Waals surface area contributed by atoms with Crippen molar-refractivity contribution >= 4 is 40.8 Å². The first-order chi connectivity index (χ1) is 11.8. The molecule has 0 aliphatic rings. The molecule has 0 radical (unpaired) electrons. The Bertz CT molecular complexity index is 734. The van der Waals surface area contributed by atoms with E-state index in [0.29, 0.717) is 0 Å². The average molecular weight is 366 g/mol. The van der Waals surface area contributed by atoms with Crippen LogP contribution in [-0.4, -0.2) is 34.4 Å². The summed E-state index contributed by atoms with van der Waals surface area (Å²) >= 11 is 4.77. The summed E-state index contributed by atoms with van der Waals surface area (Å²) in [5.41, 5.74) is 3.77. The molecule has 1 rings (SSSR count). The lowest BCUT2D eigenvalue weighted by Crippen LogP contribution is -2.48. The Hall–Kier alpha value is -3.34. The Morgan fingerprint density at radius 1 is 1.24 bits per heavy atom. The molecule has 0 aliphatic heterocycles. The number of carbonyl (C=O) groups is 3. The highest BCUT2D eigenvalue weighted by molar-refractivity contribution is 7.80. The van der Waals surface area contributed by atoms with E-state index < -0.39 is 22.7 Å². The summed E-state index contributed by atoms with van der Waals surface area (Å²) < 4.78 is 4.59. The van der Waals surface area contributed by atoms with Crippen LogP contribution in [0, 0.1) is 10.1 Å². The van der Waals surface area contributed by atoms with Crippen LogP contribution in [0.25, 0.3) is 0 Å². The maximum atomic E-state index is 11.9. The highest BCUT2D eigenvalue weighted by atomic mass is 32.1. The van der Waals surface area contributed by atoms with Crippen LogP contribution in [0.1, 0.15) is 17.3 Å². The van der Waals surface area contributed by atoms with Gasteiger partial charge in [-0.15, -0.1) is 0 Å². The van der Waals surface area contributed by atoms with Gasteiger partial charge in [0.15, 0.2) is 5.11 Å². The third-order valence-electron chi connectivity index (χ3n) is 2.53. The lowest BCUT2D eigenvalue weighted by molar-refractivity contribution is -0.385. The molecule has 0 fully saturated rings. The van der Waals surface area contributed by atoms with E-state index in [-0.39, 0.29) is 23.0 Å². The van der Waals surface area contributed by atoms with Crippen LogP contribution < -0.4 is 16.2 Å². The van der Waals surface area contributed by atoms with Gasteiger partial charge in [-0.05, 0) is 25.2 Å². The van der Waals surface area contributed by atoms with Crippen molar-refractivity contribution in [1.82, 2.24) is 16.2 Å². The van der Waals surface area contributed by atoms with Gasteiger partial charge in [-0.25, -0.2) is 4.79 Å². The maximum Gasteiger partial charge on any atom is 0.330 e. The number of nitrogens with one attached hydrogen (secondary N) is 3. The number of amides is 2. The average Bonchev–Trinajstić information content (AvgIpc) is 2.58. The van der Waals surface area contributed by atoms with Gasteiger partial charge < -0.3 is 4.74 Å². The molecule has 10 nitrogen and oxygen atoms in total. The highest BCUT2D eigenvalue weighted by Gasteiger charge is 2.19. The molecular formula is C14H14N4O6S. The second kappa shape index (κ2) is 9.72. The smallest absolute Gasteiger partial charge is 0.330 e. The van der Waals surface area contributed by atoms with Gasteiger partial charge >= 0.3 is 5.97 Å². The highest BCUT2D eigenvalue weighted by Crippen LogP contribution is 2.16. The Balaban J connectivity index is 2.54. The van der Waals surface area contributed by atoms with Crippen LogP contribution in [-0.2, 0) is 14.3 Å². The monoisotopic (exact) mass is 366 g/mol. The second-order valence-corrected chi connectivity index (χ2v) is 4.67. The molecule has 0 bridgehead atoms.